The molecule has 6 nitrogen and oxygen atoms in total. The number of aromatic nitrogens is 2. The number of hydrogen-bond acceptors (Lipinski definition) is 4. The molecule has 27 heavy (non-hydrogen) atoms. The molecule has 2 heterocycles. The molecule has 1 atom stereocenters. The van der Waals surface area contributed by atoms with E-state index in [4.69, 9.17) is 11.6 Å². The first-order valence-corrected chi connectivity index (χ1v) is 9.75. The Balaban J connectivity index is 1.65. The van der Waals surface area contributed by atoms with Crippen molar-refractivity contribution in [3.8, 4) is 0 Å². The van der Waals surface area contributed by atoms with Crippen LogP contribution in [0.2, 0.25) is 5.02 Å². The maximum absolute atomic E-state index is 12.8. The number of aryl methyl sites for hydroxylation is 1. The van der Waals surface area contributed by atoms with Crippen LogP contribution in [0.5, 0.6) is 0 Å². The SMILES string of the molecule is CCCn1nc(C(=O)N2CCN(C(C)c3ccccc3Cl)CC2)ccc1=O. The Hall–Kier alpha value is -2.18. The van der Waals surface area contributed by atoms with E-state index in [1.165, 1.54) is 16.8 Å². The zero-order valence-electron chi connectivity index (χ0n) is 15.8. The number of halogens is 1. The molecule has 0 saturated carbocycles. The molecule has 0 bridgehead atoms. The molecular formula is C20H25ClN4O2. The van der Waals surface area contributed by atoms with Gasteiger partial charge in [0.2, 0.25) is 0 Å². The molecule has 3 rings (SSSR count). The van der Waals surface area contributed by atoms with Gasteiger partial charge < -0.3 is 4.90 Å². The fourth-order valence-electron chi connectivity index (χ4n) is 3.42. The van der Waals surface area contributed by atoms with E-state index in [9.17, 15) is 9.59 Å². The number of nitrogens with zero attached hydrogens (tertiary/aromatic N) is 4. The van der Waals surface area contributed by atoms with Crippen molar-refractivity contribution in [2.24, 2.45) is 0 Å². The maximum Gasteiger partial charge on any atom is 0.274 e. The van der Waals surface area contributed by atoms with Gasteiger partial charge in [-0.05, 0) is 31.0 Å². The molecule has 1 aromatic heterocycles. The Kier molecular flexibility index (Phi) is 6.29. The van der Waals surface area contributed by atoms with Crippen LogP contribution in [-0.4, -0.2) is 51.7 Å². The van der Waals surface area contributed by atoms with Crippen molar-refractivity contribution in [3.05, 3.63) is 63.0 Å². The van der Waals surface area contributed by atoms with Gasteiger partial charge >= 0.3 is 0 Å². The Bertz CT molecular complexity index is 859. The first-order valence-electron chi connectivity index (χ1n) is 9.37. The van der Waals surface area contributed by atoms with Crippen LogP contribution in [0.1, 0.15) is 42.4 Å². The van der Waals surface area contributed by atoms with E-state index in [1.54, 1.807) is 4.90 Å². The monoisotopic (exact) mass is 388 g/mol. The number of hydrogen-bond donors (Lipinski definition) is 0. The Morgan fingerprint density at radius 3 is 2.52 bits per heavy atom. The number of benzene rings is 1. The quantitative estimate of drug-likeness (QED) is 0.790. The van der Waals surface area contributed by atoms with E-state index in [-0.39, 0.29) is 17.5 Å². The molecule has 0 spiro atoms. The maximum atomic E-state index is 12.8. The van der Waals surface area contributed by atoms with E-state index in [0.717, 1.165) is 30.1 Å². The number of amides is 1. The summed E-state index contributed by atoms with van der Waals surface area (Å²) >= 11 is 6.32. The molecule has 2 aromatic rings. The highest BCUT2D eigenvalue weighted by Crippen LogP contribution is 2.27. The average Bonchev–Trinajstić information content (AvgIpc) is 2.69. The highest BCUT2D eigenvalue weighted by Gasteiger charge is 2.27. The minimum Gasteiger partial charge on any atom is -0.335 e. The Labute approximate surface area is 164 Å². The van der Waals surface area contributed by atoms with Gasteiger partial charge in [0.25, 0.3) is 11.5 Å². The van der Waals surface area contributed by atoms with Gasteiger partial charge in [-0.25, -0.2) is 4.68 Å². The van der Waals surface area contributed by atoms with Gasteiger partial charge in [-0.15, -0.1) is 0 Å². The second kappa shape index (κ2) is 8.67. The summed E-state index contributed by atoms with van der Waals surface area (Å²) in [5.41, 5.74) is 1.26. The summed E-state index contributed by atoms with van der Waals surface area (Å²) in [5.74, 6) is -0.120. The van der Waals surface area contributed by atoms with Gasteiger partial charge in [0.05, 0.1) is 0 Å². The highest BCUT2D eigenvalue weighted by molar-refractivity contribution is 6.31. The van der Waals surface area contributed by atoms with Crippen molar-refractivity contribution < 1.29 is 4.79 Å². The zero-order chi connectivity index (χ0) is 19.4. The van der Waals surface area contributed by atoms with E-state index in [1.807, 2.05) is 31.2 Å². The molecule has 0 N–H and O–H groups in total. The third-order valence-electron chi connectivity index (χ3n) is 5.03. The van der Waals surface area contributed by atoms with Crippen molar-refractivity contribution >= 4 is 17.5 Å². The molecule has 1 aliphatic heterocycles. The van der Waals surface area contributed by atoms with E-state index in [0.29, 0.717) is 25.3 Å². The van der Waals surface area contributed by atoms with Crippen LogP contribution in [0.15, 0.2) is 41.2 Å². The van der Waals surface area contributed by atoms with Gasteiger partial charge in [-0.1, -0.05) is 36.7 Å². The molecule has 1 unspecified atom stereocenters. The minimum atomic E-state index is -0.174. The number of piperazine rings is 1. The molecule has 1 saturated heterocycles. The Morgan fingerprint density at radius 2 is 1.85 bits per heavy atom. The van der Waals surface area contributed by atoms with E-state index < -0.39 is 0 Å². The molecule has 144 valence electrons. The summed E-state index contributed by atoms with van der Waals surface area (Å²) in [6.45, 7) is 7.43. The summed E-state index contributed by atoms with van der Waals surface area (Å²) in [6.07, 6.45) is 0.795. The third kappa shape index (κ3) is 4.39. The number of carbonyl (C=O) groups excluding carboxylic acids is 1. The zero-order valence-corrected chi connectivity index (χ0v) is 16.5. The van der Waals surface area contributed by atoms with Crippen molar-refractivity contribution in [3.63, 3.8) is 0 Å². The third-order valence-corrected chi connectivity index (χ3v) is 5.37. The van der Waals surface area contributed by atoms with E-state index >= 15 is 0 Å². The molecule has 0 aliphatic carbocycles. The smallest absolute Gasteiger partial charge is 0.274 e. The van der Waals surface area contributed by atoms with E-state index in [2.05, 4.69) is 16.9 Å². The summed E-state index contributed by atoms with van der Waals surface area (Å²) in [4.78, 5) is 28.7. The lowest BCUT2D eigenvalue weighted by atomic mass is 10.1. The Morgan fingerprint density at radius 1 is 1.15 bits per heavy atom. The number of carbonyl (C=O) groups is 1. The van der Waals surface area contributed by atoms with Crippen LogP contribution in [-0.2, 0) is 6.54 Å². The fraction of sp³-hybridized carbons (Fsp3) is 0.450. The number of rotatable bonds is 5. The van der Waals surface area contributed by atoms with Gasteiger partial charge in [0.1, 0.15) is 5.69 Å². The average molecular weight is 389 g/mol. The molecule has 1 amide bonds. The van der Waals surface area contributed by atoms with Crippen molar-refractivity contribution in [1.29, 1.82) is 0 Å². The van der Waals surface area contributed by atoms with Crippen LogP contribution in [0.3, 0.4) is 0 Å². The summed E-state index contributed by atoms with van der Waals surface area (Å²) in [6, 6.07) is 11.0. The molecule has 1 aromatic carbocycles. The van der Waals surface area contributed by atoms with Gasteiger partial charge in [-0.3, -0.25) is 14.5 Å². The molecule has 1 fully saturated rings. The summed E-state index contributed by atoms with van der Waals surface area (Å²) < 4.78 is 1.36. The second-order valence-corrected chi connectivity index (χ2v) is 7.21. The first kappa shape index (κ1) is 19.6. The highest BCUT2D eigenvalue weighted by atomic mass is 35.5. The van der Waals surface area contributed by atoms with Crippen LogP contribution >= 0.6 is 11.6 Å². The van der Waals surface area contributed by atoms with Crippen molar-refractivity contribution in [2.75, 3.05) is 26.2 Å². The van der Waals surface area contributed by atoms with Crippen LogP contribution in [0, 0.1) is 0 Å². The minimum absolute atomic E-state index is 0.120. The van der Waals surface area contributed by atoms with Crippen molar-refractivity contribution in [1.82, 2.24) is 19.6 Å². The largest absolute Gasteiger partial charge is 0.335 e. The van der Waals surface area contributed by atoms with Crippen LogP contribution in [0.4, 0.5) is 0 Å². The van der Waals surface area contributed by atoms with Crippen LogP contribution < -0.4 is 5.56 Å². The molecule has 7 heteroatoms. The summed E-state index contributed by atoms with van der Waals surface area (Å²) in [7, 11) is 0. The lowest BCUT2D eigenvalue weighted by Crippen LogP contribution is -2.49. The van der Waals surface area contributed by atoms with Gasteiger partial charge in [0.15, 0.2) is 0 Å². The standard InChI is InChI=1S/C20H25ClN4O2/c1-3-10-25-19(26)9-8-18(22-25)20(27)24-13-11-23(12-14-24)15(2)16-6-4-5-7-17(16)21/h4-9,15H,3,10-14H2,1-2H3. The fourth-order valence-corrected chi connectivity index (χ4v) is 3.71. The van der Waals surface area contributed by atoms with Crippen LogP contribution in [0.25, 0.3) is 0 Å². The van der Waals surface area contributed by atoms with Crippen molar-refractivity contribution in [2.45, 2.75) is 32.9 Å². The lowest BCUT2D eigenvalue weighted by molar-refractivity contribution is 0.0574. The lowest BCUT2D eigenvalue weighted by Gasteiger charge is -2.38. The second-order valence-electron chi connectivity index (χ2n) is 6.81. The van der Waals surface area contributed by atoms with Gasteiger partial charge in [-0.2, -0.15) is 5.10 Å². The molecule has 1 aliphatic rings. The first-order chi connectivity index (χ1) is 13.0. The topological polar surface area (TPSA) is 58.4 Å². The van der Waals surface area contributed by atoms with Gasteiger partial charge in [0, 0.05) is 49.9 Å². The predicted octanol–water partition coefficient (Wildman–Crippen LogP) is 2.83. The molecule has 0 radical (unpaired) electrons. The molecular weight excluding hydrogens is 364 g/mol. The summed E-state index contributed by atoms with van der Waals surface area (Å²) in [5, 5.41) is 5.00. The predicted molar refractivity (Wildman–Crippen MR) is 106 cm³/mol. The normalized spacial score (nSPS) is 16.3.